The molecule has 0 saturated carbocycles. The quantitative estimate of drug-likeness (QED) is 0.403. The highest BCUT2D eigenvalue weighted by atomic mass is 32.2. The average Bonchev–Trinajstić information content (AvgIpc) is 2.70. The zero-order chi connectivity index (χ0) is 19.9. The predicted molar refractivity (Wildman–Crippen MR) is 100 cm³/mol. The highest BCUT2D eigenvalue weighted by molar-refractivity contribution is 7.86. The van der Waals surface area contributed by atoms with Crippen LogP contribution in [0.3, 0.4) is 0 Å². The molecule has 0 aromatic heterocycles. The van der Waals surface area contributed by atoms with E-state index in [1.165, 1.54) is 24.3 Å². The predicted octanol–water partition coefficient (Wildman–Crippen LogP) is 3.11. The molecule has 7 nitrogen and oxygen atoms in total. The molecular formula is C20H13NO6S. The van der Waals surface area contributed by atoms with Gasteiger partial charge in [-0.3, -0.25) is 14.1 Å². The molecule has 3 aromatic carbocycles. The Hall–Kier alpha value is -3.49. The molecule has 1 aliphatic carbocycles. The molecule has 0 atom stereocenters. The second kappa shape index (κ2) is 6.59. The fourth-order valence-electron chi connectivity index (χ4n) is 3.11. The lowest BCUT2D eigenvalue weighted by molar-refractivity contribution is 0.0976. The summed E-state index contributed by atoms with van der Waals surface area (Å²) in [7, 11) is -4.85. The normalized spacial score (nSPS) is 12.9. The van der Waals surface area contributed by atoms with E-state index in [9.17, 15) is 22.6 Å². The summed E-state index contributed by atoms with van der Waals surface area (Å²) in [4.78, 5) is 30.3. The van der Waals surface area contributed by atoms with Crippen molar-refractivity contribution >= 4 is 27.4 Å². The van der Waals surface area contributed by atoms with Gasteiger partial charge in [0.1, 0.15) is 4.90 Å². The first-order valence-electron chi connectivity index (χ1n) is 8.19. The molecule has 1 aliphatic rings. The van der Waals surface area contributed by atoms with E-state index in [0.717, 1.165) is 0 Å². The zero-order valence-electron chi connectivity index (χ0n) is 14.2. The average molecular weight is 395 g/mol. The third kappa shape index (κ3) is 2.94. The van der Waals surface area contributed by atoms with Gasteiger partial charge in [0.15, 0.2) is 17.3 Å². The number of hydrogen-bond acceptors (Lipinski definition) is 6. The van der Waals surface area contributed by atoms with Crippen LogP contribution < -0.4 is 10.3 Å². The standard InChI is InChI=1S/C20H13NO6S/c22-18-13-8-4-5-9-14(13)19(23)17-15(18)10-11-16(20(17)28(24,25)26)21-27-12-6-2-1-3-7-12/h1-11,21H,(H,24,25,26). The summed E-state index contributed by atoms with van der Waals surface area (Å²) < 4.78 is 34.0. The van der Waals surface area contributed by atoms with Crippen molar-refractivity contribution < 1.29 is 27.4 Å². The number of nitrogens with one attached hydrogen (secondary N) is 1. The summed E-state index contributed by atoms with van der Waals surface area (Å²) >= 11 is 0. The van der Waals surface area contributed by atoms with E-state index in [2.05, 4.69) is 5.48 Å². The Kier molecular flexibility index (Phi) is 4.21. The van der Waals surface area contributed by atoms with E-state index in [1.807, 2.05) is 0 Å². The molecule has 0 saturated heterocycles. The van der Waals surface area contributed by atoms with Crippen molar-refractivity contribution in [3.63, 3.8) is 0 Å². The second-order valence-corrected chi connectivity index (χ2v) is 7.42. The Labute approximate surface area is 160 Å². The third-order valence-corrected chi connectivity index (χ3v) is 5.27. The van der Waals surface area contributed by atoms with Crippen LogP contribution in [0, 0.1) is 0 Å². The van der Waals surface area contributed by atoms with Crippen molar-refractivity contribution in [3.8, 4) is 5.75 Å². The van der Waals surface area contributed by atoms with Crippen LogP contribution >= 0.6 is 0 Å². The van der Waals surface area contributed by atoms with E-state index in [0.29, 0.717) is 5.75 Å². The number of hydrogen-bond donors (Lipinski definition) is 2. The highest BCUT2D eigenvalue weighted by Gasteiger charge is 2.36. The summed E-state index contributed by atoms with van der Waals surface area (Å²) in [6.45, 7) is 0. The second-order valence-electron chi connectivity index (χ2n) is 6.06. The first-order valence-corrected chi connectivity index (χ1v) is 9.63. The first kappa shape index (κ1) is 17.9. The van der Waals surface area contributed by atoms with Gasteiger partial charge in [0.05, 0.1) is 11.3 Å². The van der Waals surface area contributed by atoms with Crippen molar-refractivity contribution in [3.05, 3.63) is 89.0 Å². The number of fused-ring (bicyclic) bond motifs is 2. The fourth-order valence-corrected chi connectivity index (χ4v) is 3.96. The Morgan fingerprint density at radius 3 is 2.00 bits per heavy atom. The van der Waals surface area contributed by atoms with Crippen LogP contribution in [0.4, 0.5) is 5.69 Å². The molecule has 0 amide bonds. The van der Waals surface area contributed by atoms with E-state index in [-0.39, 0.29) is 27.9 Å². The zero-order valence-corrected chi connectivity index (χ0v) is 15.1. The monoisotopic (exact) mass is 395 g/mol. The van der Waals surface area contributed by atoms with Gasteiger partial charge >= 0.3 is 0 Å². The Morgan fingerprint density at radius 2 is 1.36 bits per heavy atom. The largest absolute Gasteiger partial charge is 0.382 e. The van der Waals surface area contributed by atoms with Gasteiger partial charge < -0.3 is 4.84 Å². The van der Waals surface area contributed by atoms with Crippen molar-refractivity contribution in [1.82, 2.24) is 0 Å². The lowest BCUT2D eigenvalue weighted by Crippen LogP contribution is -2.25. The van der Waals surface area contributed by atoms with Gasteiger partial charge in [-0.05, 0) is 24.3 Å². The number of rotatable bonds is 4. The van der Waals surface area contributed by atoms with E-state index in [1.54, 1.807) is 42.5 Å². The number of benzene rings is 3. The molecule has 0 bridgehead atoms. The van der Waals surface area contributed by atoms with Crippen molar-refractivity contribution in [2.24, 2.45) is 0 Å². The molecular weight excluding hydrogens is 382 g/mol. The van der Waals surface area contributed by atoms with Gasteiger partial charge in [0.2, 0.25) is 0 Å². The fraction of sp³-hybridized carbons (Fsp3) is 0. The summed E-state index contributed by atoms with van der Waals surface area (Å²) in [6.07, 6.45) is 0. The third-order valence-electron chi connectivity index (χ3n) is 4.33. The number of carbonyl (C=O) groups is 2. The molecule has 0 spiro atoms. The summed E-state index contributed by atoms with van der Waals surface area (Å²) in [6, 6.07) is 17.2. The maximum absolute atomic E-state index is 13.0. The van der Waals surface area contributed by atoms with Gasteiger partial charge in [-0.15, -0.1) is 0 Å². The molecule has 4 rings (SSSR count). The maximum atomic E-state index is 13.0. The molecule has 28 heavy (non-hydrogen) atoms. The number of ketones is 2. The molecule has 8 heteroatoms. The molecule has 140 valence electrons. The molecule has 0 unspecified atom stereocenters. The van der Waals surface area contributed by atoms with Crippen LogP contribution in [0.5, 0.6) is 5.75 Å². The van der Waals surface area contributed by atoms with Crippen LogP contribution in [0.15, 0.2) is 71.6 Å². The van der Waals surface area contributed by atoms with Gasteiger partial charge in [-0.25, -0.2) is 5.48 Å². The van der Waals surface area contributed by atoms with Gasteiger partial charge in [-0.1, -0.05) is 42.5 Å². The van der Waals surface area contributed by atoms with Crippen LogP contribution in [0.1, 0.15) is 31.8 Å². The Balaban J connectivity index is 1.87. The van der Waals surface area contributed by atoms with Crippen LogP contribution in [0.25, 0.3) is 0 Å². The highest BCUT2D eigenvalue weighted by Crippen LogP contribution is 2.35. The number of para-hydroxylation sites is 1. The first-order chi connectivity index (χ1) is 13.4. The van der Waals surface area contributed by atoms with Crippen LogP contribution in [-0.2, 0) is 10.1 Å². The topological polar surface area (TPSA) is 110 Å². The molecule has 0 radical (unpaired) electrons. The number of anilines is 1. The Bertz CT molecular complexity index is 1220. The number of carbonyl (C=O) groups excluding carboxylic acids is 2. The minimum absolute atomic E-state index is 0.0750. The minimum atomic E-state index is -4.85. The smallest absolute Gasteiger partial charge is 0.297 e. The van der Waals surface area contributed by atoms with E-state index >= 15 is 0 Å². The maximum Gasteiger partial charge on any atom is 0.297 e. The SMILES string of the molecule is O=C1c2ccccc2C(=O)c2c1ccc(NOc1ccccc1)c2S(=O)(=O)O. The van der Waals surface area contributed by atoms with Gasteiger partial charge in [-0.2, -0.15) is 8.42 Å². The van der Waals surface area contributed by atoms with E-state index < -0.39 is 26.6 Å². The summed E-state index contributed by atoms with van der Waals surface area (Å²) in [5.41, 5.74) is 2.06. The Morgan fingerprint density at radius 1 is 0.750 bits per heavy atom. The molecule has 2 N–H and O–H groups in total. The van der Waals surface area contributed by atoms with Crippen LogP contribution in [0.2, 0.25) is 0 Å². The molecule has 0 aliphatic heterocycles. The molecule has 3 aromatic rings. The van der Waals surface area contributed by atoms with Crippen molar-refractivity contribution in [2.75, 3.05) is 5.48 Å². The molecule has 0 fully saturated rings. The molecule has 0 heterocycles. The lowest BCUT2D eigenvalue weighted by atomic mass is 9.84. The summed E-state index contributed by atoms with van der Waals surface area (Å²) in [5.74, 6) is -0.777. The lowest BCUT2D eigenvalue weighted by Gasteiger charge is -2.21. The van der Waals surface area contributed by atoms with Crippen molar-refractivity contribution in [1.29, 1.82) is 0 Å². The summed E-state index contributed by atoms with van der Waals surface area (Å²) in [5, 5.41) is 0. The van der Waals surface area contributed by atoms with Crippen molar-refractivity contribution in [2.45, 2.75) is 4.90 Å². The van der Waals surface area contributed by atoms with E-state index in [4.69, 9.17) is 4.84 Å². The van der Waals surface area contributed by atoms with Crippen LogP contribution in [-0.4, -0.2) is 24.5 Å². The van der Waals surface area contributed by atoms with Gasteiger partial charge in [0, 0.05) is 16.7 Å². The van der Waals surface area contributed by atoms with Gasteiger partial charge in [0.25, 0.3) is 10.1 Å². The minimum Gasteiger partial charge on any atom is -0.382 e.